The Balaban J connectivity index is 1.20. The Kier molecular flexibility index (Phi) is 7.75. The molecule has 0 aliphatic carbocycles. The largest absolute Gasteiger partial charge is 0.491 e. The van der Waals surface area contributed by atoms with Crippen LogP contribution in [0.1, 0.15) is 17.5 Å². The Morgan fingerprint density at radius 1 is 1.32 bits per heavy atom. The fourth-order valence-corrected chi connectivity index (χ4v) is 4.95. The number of thiazole rings is 1. The number of amides is 1. The van der Waals surface area contributed by atoms with Crippen LogP contribution in [0, 0.1) is 18.3 Å². The Morgan fingerprint density at radius 2 is 2.12 bits per heavy atom. The molecule has 0 spiro atoms. The minimum Gasteiger partial charge on any atom is -0.491 e. The lowest BCUT2D eigenvalue weighted by Crippen LogP contribution is -2.55. The van der Waals surface area contributed by atoms with Crippen LogP contribution in [-0.2, 0) is 4.79 Å². The normalized spacial score (nSPS) is 17.9. The molecule has 2 heterocycles. The number of aryl methyl sites for hydroxylation is 1. The minimum atomic E-state index is -0.610. The number of carbonyl (C=O) groups is 1. The zero-order chi connectivity index (χ0) is 24.1. The van der Waals surface area contributed by atoms with E-state index in [0.717, 1.165) is 34.9 Å². The van der Waals surface area contributed by atoms with Gasteiger partial charge in [0.2, 0.25) is 5.91 Å². The van der Waals surface area contributed by atoms with Crippen molar-refractivity contribution < 1.29 is 14.6 Å². The third kappa shape index (κ3) is 6.30. The summed E-state index contributed by atoms with van der Waals surface area (Å²) in [5, 5.41) is 23.3. The molecule has 9 heteroatoms. The van der Waals surface area contributed by atoms with Gasteiger partial charge in [-0.25, -0.2) is 4.98 Å². The number of nitriles is 1. The molecule has 1 aliphatic heterocycles. The number of ether oxygens (including phenoxy) is 1. The maximum atomic E-state index is 12.4. The van der Waals surface area contributed by atoms with Crippen molar-refractivity contribution in [1.82, 2.24) is 14.8 Å². The third-order valence-electron chi connectivity index (χ3n) is 5.87. The van der Waals surface area contributed by atoms with Gasteiger partial charge in [-0.05, 0) is 50.2 Å². The lowest BCUT2D eigenvalue weighted by molar-refractivity contribution is -0.118. The summed E-state index contributed by atoms with van der Waals surface area (Å²) in [4.78, 5) is 21.2. The molecule has 3 aromatic rings. The van der Waals surface area contributed by atoms with E-state index in [1.807, 2.05) is 25.1 Å². The summed E-state index contributed by atoms with van der Waals surface area (Å²) in [6, 6.07) is 14.9. The number of fused-ring (bicyclic) bond motifs is 1. The van der Waals surface area contributed by atoms with Crippen LogP contribution in [0.4, 0.5) is 5.69 Å². The summed E-state index contributed by atoms with van der Waals surface area (Å²) < 4.78 is 6.94. The molecule has 1 saturated heterocycles. The first-order chi connectivity index (χ1) is 16.4. The second kappa shape index (κ2) is 10.9. The number of aromatic nitrogens is 1. The van der Waals surface area contributed by atoms with Crippen molar-refractivity contribution in [2.75, 3.05) is 44.6 Å². The molecule has 0 bridgehead atoms. The molecule has 2 aromatic carbocycles. The molecular formula is C25H29N5O3S. The molecule has 1 fully saturated rings. The first kappa shape index (κ1) is 24.1. The summed E-state index contributed by atoms with van der Waals surface area (Å²) in [6.45, 7) is 7.40. The van der Waals surface area contributed by atoms with Crippen molar-refractivity contribution >= 4 is 33.1 Å². The van der Waals surface area contributed by atoms with Crippen LogP contribution in [-0.4, -0.2) is 77.3 Å². The van der Waals surface area contributed by atoms with Crippen molar-refractivity contribution in [3.8, 4) is 11.8 Å². The molecule has 1 amide bonds. The minimum absolute atomic E-state index is 0.0777. The zero-order valence-corrected chi connectivity index (χ0v) is 20.2. The van der Waals surface area contributed by atoms with Crippen molar-refractivity contribution in [3.05, 3.63) is 53.0 Å². The average Bonchev–Trinajstić information content (AvgIpc) is 3.19. The number of hydrogen-bond acceptors (Lipinski definition) is 8. The molecule has 178 valence electrons. The maximum Gasteiger partial charge on any atom is 0.238 e. The molecule has 1 aliphatic rings. The summed E-state index contributed by atoms with van der Waals surface area (Å²) in [6.07, 6.45) is -0.610. The summed E-state index contributed by atoms with van der Waals surface area (Å²) in [5.41, 5.74) is 2.16. The summed E-state index contributed by atoms with van der Waals surface area (Å²) >= 11 is 1.65. The van der Waals surface area contributed by atoms with E-state index in [9.17, 15) is 9.90 Å². The number of anilines is 1. The van der Waals surface area contributed by atoms with E-state index in [2.05, 4.69) is 33.1 Å². The van der Waals surface area contributed by atoms with E-state index >= 15 is 0 Å². The fraction of sp³-hybridized carbons (Fsp3) is 0.400. The zero-order valence-electron chi connectivity index (χ0n) is 19.4. The van der Waals surface area contributed by atoms with Gasteiger partial charge in [0.15, 0.2) is 0 Å². The maximum absolute atomic E-state index is 12.4. The smallest absolute Gasteiger partial charge is 0.238 e. The van der Waals surface area contributed by atoms with E-state index < -0.39 is 6.10 Å². The number of benzene rings is 2. The van der Waals surface area contributed by atoms with Gasteiger partial charge < -0.3 is 15.2 Å². The number of aliphatic hydroxyl groups excluding tert-OH is 1. The second-order valence-electron chi connectivity index (χ2n) is 8.64. The van der Waals surface area contributed by atoms with Crippen LogP contribution in [0.3, 0.4) is 0 Å². The Labute approximate surface area is 203 Å². The van der Waals surface area contributed by atoms with Gasteiger partial charge in [0.1, 0.15) is 18.5 Å². The van der Waals surface area contributed by atoms with E-state index in [1.54, 1.807) is 35.6 Å². The standard InChI is InChI=1S/C25H29N5O3S/c1-17-13-29(15-25(32)28-20-5-3-19(12-26)4-6-20)9-10-30(17)14-21(31)16-33-22-7-8-24-23(11-22)27-18(2)34-24/h3-8,11,17,21,31H,9-10,13-16H2,1-2H3,(H,28,32)/t17-,21-/m0/s1. The first-order valence-electron chi connectivity index (χ1n) is 11.3. The van der Waals surface area contributed by atoms with Crippen molar-refractivity contribution in [3.63, 3.8) is 0 Å². The highest BCUT2D eigenvalue weighted by atomic mass is 32.1. The number of hydrogen-bond donors (Lipinski definition) is 2. The van der Waals surface area contributed by atoms with E-state index in [4.69, 9.17) is 10.00 Å². The van der Waals surface area contributed by atoms with Crippen LogP contribution >= 0.6 is 11.3 Å². The Morgan fingerprint density at radius 3 is 2.85 bits per heavy atom. The number of carbonyl (C=O) groups excluding carboxylic acids is 1. The molecule has 34 heavy (non-hydrogen) atoms. The average molecular weight is 480 g/mol. The first-order valence-corrected chi connectivity index (χ1v) is 12.2. The highest BCUT2D eigenvalue weighted by Gasteiger charge is 2.26. The highest BCUT2D eigenvalue weighted by molar-refractivity contribution is 7.18. The van der Waals surface area contributed by atoms with Gasteiger partial charge in [0.25, 0.3) is 0 Å². The highest BCUT2D eigenvalue weighted by Crippen LogP contribution is 2.25. The molecule has 1 aromatic heterocycles. The number of aliphatic hydroxyl groups is 1. The van der Waals surface area contributed by atoms with Crippen LogP contribution in [0.25, 0.3) is 10.2 Å². The summed E-state index contributed by atoms with van der Waals surface area (Å²) in [7, 11) is 0. The summed E-state index contributed by atoms with van der Waals surface area (Å²) in [5.74, 6) is 0.633. The molecule has 2 N–H and O–H groups in total. The molecule has 8 nitrogen and oxygen atoms in total. The van der Waals surface area contributed by atoms with E-state index in [1.165, 1.54) is 0 Å². The lowest BCUT2D eigenvalue weighted by atomic mass is 10.1. The number of piperazine rings is 1. The van der Waals surface area contributed by atoms with Gasteiger partial charge in [0, 0.05) is 44.0 Å². The van der Waals surface area contributed by atoms with Gasteiger partial charge in [-0.2, -0.15) is 5.26 Å². The molecule has 4 rings (SSSR count). The van der Waals surface area contributed by atoms with Gasteiger partial charge in [-0.3, -0.25) is 14.6 Å². The number of β-amino-alcohol motifs (C(OH)–C–C–N with tert-alkyl or cyclic N) is 1. The lowest BCUT2D eigenvalue weighted by Gasteiger charge is -2.40. The van der Waals surface area contributed by atoms with Crippen molar-refractivity contribution in [1.29, 1.82) is 5.26 Å². The molecule has 0 saturated carbocycles. The second-order valence-corrected chi connectivity index (χ2v) is 9.88. The van der Waals surface area contributed by atoms with Crippen LogP contribution in [0.5, 0.6) is 5.75 Å². The van der Waals surface area contributed by atoms with Crippen LogP contribution in [0.2, 0.25) is 0 Å². The number of nitrogens with zero attached hydrogens (tertiary/aromatic N) is 4. The molecule has 0 unspecified atom stereocenters. The predicted molar refractivity (Wildman–Crippen MR) is 133 cm³/mol. The van der Waals surface area contributed by atoms with Gasteiger partial charge >= 0.3 is 0 Å². The Hall–Kier alpha value is -3.03. The van der Waals surface area contributed by atoms with Crippen LogP contribution in [0.15, 0.2) is 42.5 Å². The van der Waals surface area contributed by atoms with Gasteiger partial charge in [-0.15, -0.1) is 11.3 Å². The van der Waals surface area contributed by atoms with E-state index in [-0.39, 0.29) is 18.6 Å². The Bertz CT molecular complexity index is 1170. The van der Waals surface area contributed by atoms with Gasteiger partial charge in [-0.1, -0.05) is 0 Å². The van der Waals surface area contributed by atoms with Crippen molar-refractivity contribution in [2.24, 2.45) is 0 Å². The topological polar surface area (TPSA) is 102 Å². The van der Waals surface area contributed by atoms with Crippen molar-refractivity contribution in [2.45, 2.75) is 26.0 Å². The van der Waals surface area contributed by atoms with E-state index in [0.29, 0.717) is 30.1 Å². The third-order valence-corrected chi connectivity index (χ3v) is 6.82. The number of nitrogens with one attached hydrogen (secondary N) is 1. The van der Waals surface area contributed by atoms with Gasteiger partial charge in [0.05, 0.1) is 33.4 Å². The number of rotatable bonds is 8. The SMILES string of the molecule is Cc1nc2cc(OC[C@@H](O)CN3CCN(CC(=O)Nc4ccc(C#N)cc4)C[C@@H]3C)ccc2s1. The fourth-order valence-electron chi connectivity index (χ4n) is 4.15. The molecular weight excluding hydrogens is 450 g/mol. The molecule has 0 radical (unpaired) electrons. The predicted octanol–water partition coefficient (Wildman–Crippen LogP) is 2.86. The monoisotopic (exact) mass is 479 g/mol. The van der Waals surface area contributed by atoms with Crippen LogP contribution < -0.4 is 10.1 Å². The molecule has 2 atom stereocenters. The quantitative estimate of drug-likeness (QED) is 0.512.